The summed E-state index contributed by atoms with van der Waals surface area (Å²) in [5.74, 6) is 0.474. The summed E-state index contributed by atoms with van der Waals surface area (Å²) in [5, 5.41) is 4.06. The van der Waals surface area contributed by atoms with Crippen molar-refractivity contribution >= 4 is 22.6 Å². The van der Waals surface area contributed by atoms with Crippen LogP contribution in [0.25, 0.3) is 10.9 Å². The molecule has 3 aromatic rings. The van der Waals surface area contributed by atoms with Crippen molar-refractivity contribution in [3.8, 4) is 0 Å². The summed E-state index contributed by atoms with van der Waals surface area (Å²) in [4.78, 5) is 20.2. The minimum Gasteiger partial charge on any atom is -0.358 e. The number of aryl methyl sites for hydroxylation is 3. The first kappa shape index (κ1) is 14.0. The van der Waals surface area contributed by atoms with Crippen LogP contribution in [0.3, 0.4) is 0 Å². The van der Waals surface area contributed by atoms with Crippen LogP contribution >= 0.6 is 0 Å². The number of hydrogen-bond acceptors (Lipinski definition) is 2. The fourth-order valence-corrected chi connectivity index (χ4v) is 3.34. The molecule has 23 heavy (non-hydrogen) atoms. The molecule has 1 aromatic carbocycles. The van der Waals surface area contributed by atoms with Gasteiger partial charge in [-0.05, 0) is 74.1 Å². The topological polar surface area (TPSA) is 57.8 Å². The fourth-order valence-electron chi connectivity index (χ4n) is 3.34. The lowest BCUT2D eigenvalue weighted by atomic mass is 9.95. The summed E-state index contributed by atoms with van der Waals surface area (Å²) in [6, 6.07) is 9.66. The summed E-state index contributed by atoms with van der Waals surface area (Å²) in [6.07, 6.45) is 6.38. The van der Waals surface area contributed by atoms with Crippen molar-refractivity contribution in [3.05, 3.63) is 58.9 Å². The maximum atomic E-state index is 12.5. The van der Waals surface area contributed by atoms with E-state index in [1.54, 1.807) is 6.20 Å². The molecule has 2 heterocycles. The number of aromatic amines is 1. The third-order valence-corrected chi connectivity index (χ3v) is 4.52. The van der Waals surface area contributed by atoms with E-state index in [-0.39, 0.29) is 5.91 Å². The maximum Gasteiger partial charge on any atom is 0.256 e. The van der Waals surface area contributed by atoms with Gasteiger partial charge in [-0.25, -0.2) is 4.98 Å². The zero-order chi connectivity index (χ0) is 15.8. The number of carbonyl (C=O) groups excluding carboxylic acids is 1. The first-order valence-corrected chi connectivity index (χ1v) is 8.08. The average molecular weight is 305 g/mol. The molecule has 1 aliphatic rings. The molecule has 4 heteroatoms. The van der Waals surface area contributed by atoms with Crippen molar-refractivity contribution in [2.75, 3.05) is 5.32 Å². The SMILES string of the molecule is Cc1ccnc(NC(=O)c2ccc3[nH]c4c(c3c2)CCCC4)c1. The second kappa shape index (κ2) is 5.54. The molecule has 0 radical (unpaired) electrons. The van der Waals surface area contributed by atoms with Crippen LogP contribution in [0.4, 0.5) is 5.82 Å². The summed E-state index contributed by atoms with van der Waals surface area (Å²) < 4.78 is 0. The summed E-state index contributed by atoms with van der Waals surface area (Å²) in [5.41, 5.74) is 5.60. The molecule has 0 aliphatic heterocycles. The molecule has 2 aromatic heterocycles. The number of nitrogens with zero attached hydrogens (tertiary/aromatic N) is 1. The van der Waals surface area contributed by atoms with E-state index in [0.717, 1.165) is 23.9 Å². The summed E-state index contributed by atoms with van der Waals surface area (Å²) in [6.45, 7) is 1.98. The monoisotopic (exact) mass is 305 g/mol. The van der Waals surface area contributed by atoms with Crippen molar-refractivity contribution in [1.82, 2.24) is 9.97 Å². The van der Waals surface area contributed by atoms with Crippen molar-refractivity contribution < 1.29 is 4.79 Å². The number of nitrogens with one attached hydrogen (secondary N) is 2. The Labute approximate surface area is 134 Å². The Bertz CT molecular complexity index is 895. The van der Waals surface area contributed by atoms with Crippen LogP contribution in [0, 0.1) is 6.92 Å². The van der Waals surface area contributed by atoms with E-state index >= 15 is 0 Å². The second-order valence-electron chi connectivity index (χ2n) is 6.22. The van der Waals surface area contributed by atoms with E-state index in [1.165, 1.54) is 29.5 Å². The Hall–Kier alpha value is -2.62. The summed E-state index contributed by atoms with van der Waals surface area (Å²) >= 11 is 0. The molecule has 0 unspecified atom stereocenters. The number of benzene rings is 1. The summed E-state index contributed by atoms with van der Waals surface area (Å²) in [7, 11) is 0. The Morgan fingerprint density at radius 2 is 2.04 bits per heavy atom. The van der Waals surface area contributed by atoms with Crippen molar-refractivity contribution in [3.63, 3.8) is 0 Å². The molecule has 0 spiro atoms. The first-order chi connectivity index (χ1) is 11.2. The minimum atomic E-state index is -0.115. The molecular weight excluding hydrogens is 286 g/mol. The number of pyridine rings is 1. The highest BCUT2D eigenvalue weighted by Gasteiger charge is 2.17. The number of rotatable bonds is 2. The molecule has 4 nitrogen and oxygen atoms in total. The molecule has 0 fully saturated rings. The highest BCUT2D eigenvalue weighted by atomic mass is 16.1. The maximum absolute atomic E-state index is 12.5. The first-order valence-electron chi connectivity index (χ1n) is 8.08. The zero-order valence-corrected chi connectivity index (χ0v) is 13.1. The van der Waals surface area contributed by atoms with Gasteiger partial charge in [-0.2, -0.15) is 0 Å². The number of hydrogen-bond donors (Lipinski definition) is 2. The van der Waals surface area contributed by atoms with Crippen LogP contribution in [0.1, 0.15) is 40.0 Å². The van der Waals surface area contributed by atoms with Crippen molar-refractivity contribution in [1.29, 1.82) is 0 Å². The third kappa shape index (κ3) is 2.61. The van der Waals surface area contributed by atoms with Gasteiger partial charge in [0, 0.05) is 28.4 Å². The lowest BCUT2D eigenvalue weighted by Gasteiger charge is -2.10. The van der Waals surface area contributed by atoms with E-state index < -0.39 is 0 Å². The van der Waals surface area contributed by atoms with Crippen LogP contribution in [-0.2, 0) is 12.8 Å². The molecule has 2 N–H and O–H groups in total. The zero-order valence-electron chi connectivity index (χ0n) is 13.1. The quantitative estimate of drug-likeness (QED) is 0.751. The van der Waals surface area contributed by atoms with Crippen LogP contribution < -0.4 is 5.32 Å². The van der Waals surface area contributed by atoms with Gasteiger partial charge in [0.05, 0.1) is 0 Å². The van der Waals surface area contributed by atoms with Crippen LogP contribution in [0.5, 0.6) is 0 Å². The van der Waals surface area contributed by atoms with Crippen LogP contribution in [-0.4, -0.2) is 15.9 Å². The molecule has 0 bridgehead atoms. The van der Waals surface area contributed by atoms with Gasteiger partial charge in [0.25, 0.3) is 5.91 Å². The number of aromatic nitrogens is 2. The number of anilines is 1. The van der Waals surface area contributed by atoms with Crippen LogP contribution in [0.15, 0.2) is 36.5 Å². The largest absolute Gasteiger partial charge is 0.358 e. The lowest BCUT2D eigenvalue weighted by molar-refractivity contribution is 0.102. The predicted molar refractivity (Wildman–Crippen MR) is 91.9 cm³/mol. The van der Waals surface area contributed by atoms with Crippen molar-refractivity contribution in [2.45, 2.75) is 32.6 Å². The highest BCUT2D eigenvalue weighted by molar-refractivity contribution is 6.06. The number of carbonyl (C=O) groups is 1. The number of fused-ring (bicyclic) bond motifs is 3. The molecule has 1 aliphatic carbocycles. The highest BCUT2D eigenvalue weighted by Crippen LogP contribution is 2.29. The van der Waals surface area contributed by atoms with Gasteiger partial charge in [0.15, 0.2) is 0 Å². The van der Waals surface area contributed by atoms with E-state index in [0.29, 0.717) is 11.4 Å². The third-order valence-electron chi connectivity index (χ3n) is 4.52. The van der Waals surface area contributed by atoms with E-state index in [1.807, 2.05) is 37.3 Å². The number of H-pyrrole nitrogens is 1. The minimum absolute atomic E-state index is 0.115. The Kier molecular flexibility index (Phi) is 3.37. The molecule has 0 saturated heterocycles. The predicted octanol–water partition coefficient (Wildman–Crippen LogP) is 4.00. The van der Waals surface area contributed by atoms with Gasteiger partial charge in [0.1, 0.15) is 5.82 Å². The molecular formula is C19H19N3O. The Morgan fingerprint density at radius 1 is 1.17 bits per heavy atom. The van der Waals surface area contributed by atoms with Gasteiger partial charge in [-0.15, -0.1) is 0 Å². The molecule has 116 valence electrons. The fraction of sp³-hybridized carbons (Fsp3) is 0.263. The Morgan fingerprint density at radius 3 is 2.91 bits per heavy atom. The molecule has 0 atom stereocenters. The van der Waals surface area contributed by atoms with Gasteiger partial charge in [0.2, 0.25) is 0 Å². The van der Waals surface area contributed by atoms with Gasteiger partial charge >= 0.3 is 0 Å². The lowest BCUT2D eigenvalue weighted by Crippen LogP contribution is -2.12. The van der Waals surface area contributed by atoms with Crippen molar-refractivity contribution in [2.24, 2.45) is 0 Å². The van der Waals surface area contributed by atoms with Gasteiger partial charge < -0.3 is 10.3 Å². The molecule has 0 saturated carbocycles. The molecule has 1 amide bonds. The van der Waals surface area contributed by atoms with Gasteiger partial charge in [-0.3, -0.25) is 4.79 Å². The van der Waals surface area contributed by atoms with E-state index in [9.17, 15) is 4.79 Å². The Balaban J connectivity index is 1.67. The smallest absolute Gasteiger partial charge is 0.256 e. The van der Waals surface area contributed by atoms with Gasteiger partial charge in [-0.1, -0.05) is 0 Å². The average Bonchev–Trinajstić information content (AvgIpc) is 2.92. The van der Waals surface area contributed by atoms with E-state index in [4.69, 9.17) is 0 Å². The normalized spacial score (nSPS) is 13.8. The standard InChI is InChI=1S/C19H19N3O/c1-12-8-9-20-18(10-12)22-19(23)13-6-7-17-15(11-13)14-4-2-3-5-16(14)21-17/h6-11,21H,2-5H2,1H3,(H,20,22,23). The number of amides is 1. The second-order valence-corrected chi connectivity index (χ2v) is 6.22. The van der Waals surface area contributed by atoms with E-state index in [2.05, 4.69) is 15.3 Å². The van der Waals surface area contributed by atoms with Crippen LogP contribution in [0.2, 0.25) is 0 Å². The molecule has 4 rings (SSSR count).